The van der Waals surface area contributed by atoms with E-state index in [9.17, 15) is 9.59 Å². The minimum absolute atomic E-state index is 0.0642. The first-order valence-corrected chi connectivity index (χ1v) is 9.80. The molecule has 0 aliphatic heterocycles. The maximum absolute atomic E-state index is 13.0. The Bertz CT molecular complexity index is 1040. The molecule has 0 saturated heterocycles. The lowest BCUT2D eigenvalue weighted by Crippen LogP contribution is -2.35. The Balaban J connectivity index is 1.71. The van der Waals surface area contributed by atoms with E-state index in [1.165, 1.54) is 4.90 Å². The van der Waals surface area contributed by atoms with E-state index in [1.54, 1.807) is 25.2 Å². The van der Waals surface area contributed by atoms with Gasteiger partial charge in [0.15, 0.2) is 0 Å². The molecule has 0 aromatic heterocycles. The fourth-order valence-corrected chi connectivity index (χ4v) is 3.40. The molecule has 0 saturated carbocycles. The zero-order valence-electron chi connectivity index (χ0n) is 17.7. The molecule has 0 bridgehead atoms. The molecule has 0 unspecified atom stereocenters. The predicted molar refractivity (Wildman–Crippen MR) is 119 cm³/mol. The van der Waals surface area contributed by atoms with Crippen LogP contribution in [0.1, 0.15) is 27.0 Å². The van der Waals surface area contributed by atoms with Crippen LogP contribution in [0.3, 0.4) is 0 Å². The van der Waals surface area contributed by atoms with Crippen LogP contribution in [-0.4, -0.2) is 30.3 Å². The zero-order chi connectivity index (χ0) is 21.7. The number of likely N-dealkylation sites (N-methyl/N-ethyl adjacent to an activating group) is 1. The molecule has 0 aliphatic carbocycles. The molecular formula is C25H26N2O3. The van der Waals surface area contributed by atoms with E-state index in [1.807, 2.05) is 69.3 Å². The Hall–Kier alpha value is -3.60. The Kier molecular flexibility index (Phi) is 6.52. The number of nitrogens with zero attached hydrogens (tertiary/aromatic N) is 1. The predicted octanol–water partition coefficient (Wildman–Crippen LogP) is 5.11. The first-order valence-electron chi connectivity index (χ1n) is 9.80. The molecule has 0 heterocycles. The van der Waals surface area contributed by atoms with E-state index >= 15 is 0 Å². The van der Waals surface area contributed by atoms with Gasteiger partial charge in [-0.25, -0.2) is 0 Å². The van der Waals surface area contributed by atoms with Crippen molar-refractivity contribution in [2.45, 2.75) is 20.8 Å². The van der Waals surface area contributed by atoms with Gasteiger partial charge in [-0.05, 0) is 56.2 Å². The van der Waals surface area contributed by atoms with Gasteiger partial charge in [-0.3, -0.25) is 9.59 Å². The number of rotatable bonds is 6. The summed E-state index contributed by atoms with van der Waals surface area (Å²) in [6.45, 7) is 5.88. The first kappa shape index (κ1) is 21.1. The summed E-state index contributed by atoms with van der Waals surface area (Å²) in [7, 11) is 1.61. The molecule has 3 rings (SSSR count). The quantitative estimate of drug-likeness (QED) is 0.623. The number of anilines is 1. The van der Waals surface area contributed by atoms with Crippen molar-refractivity contribution in [2.75, 3.05) is 18.9 Å². The van der Waals surface area contributed by atoms with E-state index in [0.717, 1.165) is 22.4 Å². The molecule has 3 aromatic rings. The lowest BCUT2D eigenvalue weighted by molar-refractivity contribution is -0.116. The van der Waals surface area contributed by atoms with Gasteiger partial charge >= 0.3 is 0 Å². The maximum Gasteiger partial charge on any atom is 0.257 e. The lowest BCUT2D eigenvalue weighted by atomic mass is 10.1. The van der Waals surface area contributed by atoms with Crippen LogP contribution >= 0.6 is 0 Å². The third-order valence-corrected chi connectivity index (χ3v) is 4.76. The summed E-state index contributed by atoms with van der Waals surface area (Å²) in [5.74, 6) is 0.561. The van der Waals surface area contributed by atoms with Crippen molar-refractivity contribution in [3.63, 3.8) is 0 Å². The van der Waals surface area contributed by atoms with Crippen LogP contribution < -0.4 is 10.1 Å². The maximum atomic E-state index is 13.0. The van der Waals surface area contributed by atoms with Crippen LogP contribution in [0, 0.1) is 20.8 Å². The number of carbonyl (C=O) groups excluding carboxylic acids is 2. The average molecular weight is 402 g/mol. The standard InChI is InChI=1S/C25H26N2O3/c1-17-14-18(2)24(19(3)15-17)26-23(28)16-27(4)25(29)21-12-8-9-13-22(21)30-20-10-6-5-7-11-20/h5-15H,16H2,1-4H3,(H,26,28). The number of nitrogens with one attached hydrogen (secondary N) is 1. The summed E-state index contributed by atoms with van der Waals surface area (Å²) >= 11 is 0. The largest absolute Gasteiger partial charge is 0.457 e. The van der Waals surface area contributed by atoms with Gasteiger partial charge in [0.05, 0.1) is 12.1 Å². The number of hydrogen-bond acceptors (Lipinski definition) is 3. The highest BCUT2D eigenvalue weighted by Crippen LogP contribution is 2.26. The molecule has 0 spiro atoms. The monoisotopic (exact) mass is 402 g/mol. The van der Waals surface area contributed by atoms with Gasteiger partial charge in [-0.15, -0.1) is 0 Å². The van der Waals surface area contributed by atoms with Crippen LogP contribution in [0.15, 0.2) is 66.7 Å². The third-order valence-electron chi connectivity index (χ3n) is 4.76. The van der Waals surface area contributed by atoms with Gasteiger partial charge < -0.3 is 15.0 Å². The van der Waals surface area contributed by atoms with Crippen LogP contribution in [0.2, 0.25) is 0 Å². The van der Waals surface area contributed by atoms with Crippen molar-refractivity contribution in [1.82, 2.24) is 4.90 Å². The number of hydrogen-bond donors (Lipinski definition) is 1. The highest BCUT2D eigenvalue weighted by atomic mass is 16.5. The molecule has 0 atom stereocenters. The summed E-state index contributed by atoms with van der Waals surface area (Å²) < 4.78 is 5.88. The molecule has 3 aromatic carbocycles. The van der Waals surface area contributed by atoms with Gasteiger partial charge in [-0.2, -0.15) is 0 Å². The van der Waals surface area contributed by atoms with Gasteiger partial charge in [-0.1, -0.05) is 48.0 Å². The van der Waals surface area contributed by atoms with Gasteiger partial charge in [0.2, 0.25) is 5.91 Å². The summed E-state index contributed by atoms with van der Waals surface area (Å²) in [5.41, 5.74) is 4.33. The zero-order valence-corrected chi connectivity index (χ0v) is 17.7. The number of aryl methyl sites for hydroxylation is 3. The van der Waals surface area contributed by atoms with Crippen LogP contribution in [0.4, 0.5) is 5.69 Å². The number of para-hydroxylation sites is 2. The number of ether oxygens (including phenoxy) is 1. The molecule has 1 N–H and O–H groups in total. The minimum Gasteiger partial charge on any atom is -0.457 e. The van der Waals surface area contributed by atoms with E-state index in [2.05, 4.69) is 5.32 Å². The Morgan fingerprint density at radius 2 is 1.50 bits per heavy atom. The topological polar surface area (TPSA) is 58.6 Å². The lowest BCUT2D eigenvalue weighted by Gasteiger charge is -2.20. The van der Waals surface area contributed by atoms with Crippen LogP contribution in [-0.2, 0) is 4.79 Å². The number of benzene rings is 3. The normalized spacial score (nSPS) is 10.4. The first-order chi connectivity index (χ1) is 14.3. The van der Waals surface area contributed by atoms with Crippen molar-refractivity contribution in [3.8, 4) is 11.5 Å². The molecular weight excluding hydrogens is 376 g/mol. The second kappa shape index (κ2) is 9.27. The van der Waals surface area contributed by atoms with Gasteiger partial charge in [0.25, 0.3) is 5.91 Å². The van der Waals surface area contributed by atoms with Gasteiger partial charge in [0.1, 0.15) is 11.5 Å². The fourth-order valence-electron chi connectivity index (χ4n) is 3.40. The highest BCUT2D eigenvalue weighted by molar-refractivity contribution is 6.01. The molecule has 0 aliphatic rings. The van der Waals surface area contributed by atoms with Gasteiger partial charge in [0, 0.05) is 12.7 Å². The molecule has 0 radical (unpaired) electrons. The Morgan fingerprint density at radius 1 is 0.900 bits per heavy atom. The fraction of sp³-hybridized carbons (Fsp3) is 0.200. The third kappa shape index (κ3) is 5.06. The molecule has 5 heteroatoms. The minimum atomic E-state index is -0.283. The number of carbonyl (C=O) groups is 2. The molecule has 154 valence electrons. The van der Waals surface area contributed by atoms with E-state index in [0.29, 0.717) is 17.1 Å². The number of amides is 2. The van der Waals surface area contributed by atoms with Crippen LogP contribution in [0.5, 0.6) is 11.5 Å². The Labute approximate surface area is 177 Å². The van der Waals surface area contributed by atoms with Crippen molar-refractivity contribution >= 4 is 17.5 Å². The molecule has 5 nitrogen and oxygen atoms in total. The second-order valence-corrected chi connectivity index (χ2v) is 7.39. The van der Waals surface area contributed by atoms with Crippen molar-refractivity contribution in [1.29, 1.82) is 0 Å². The smallest absolute Gasteiger partial charge is 0.257 e. The summed E-state index contributed by atoms with van der Waals surface area (Å²) in [6, 6.07) is 20.3. The SMILES string of the molecule is Cc1cc(C)c(NC(=O)CN(C)C(=O)c2ccccc2Oc2ccccc2)c(C)c1. The van der Waals surface area contributed by atoms with E-state index < -0.39 is 0 Å². The summed E-state index contributed by atoms with van der Waals surface area (Å²) in [6.07, 6.45) is 0. The summed E-state index contributed by atoms with van der Waals surface area (Å²) in [5, 5.41) is 2.93. The van der Waals surface area contributed by atoms with Crippen molar-refractivity contribution in [3.05, 3.63) is 89.0 Å². The summed E-state index contributed by atoms with van der Waals surface area (Å²) in [4.78, 5) is 27.0. The second-order valence-electron chi connectivity index (χ2n) is 7.39. The van der Waals surface area contributed by atoms with E-state index in [-0.39, 0.29) is 18.4 Å². The molecule has 2 amide bonds. The molecule has 0 fully saturated rings. The van der Waals surface area contributed by atoms with Crippen LogP contribution in [0.25, 0.3) is 0 Å². The Morgan fingerprint density at radius 3 is 2.17 bits per heavy atom. The highest BCUT2D eigenvalue weighted by Gasteiger charge is 2.20. The van der Waals surface area contributed by atoms with Crippen molar-refractivity contribution in [2.24, 2.45) is 0 Å². The average Bonchev–Trinajstić information content (AvgIpc) is 2.71. The van der Waals surface area contributed by atoms with Crippen molar-refractivity contribution < 1.29 is 14.3 Å². The molecule has 30 heavy (non-hydrogen) atoms. The van der Waals surface area contributed by atoms with E-state index in [4.69, 9.17) is 4.74 Å².